The predicted octanol–water partition coefficient (Wildman–Crippen LogP) is 3.66. The predicted molar refractivity (Wildman–Crippen MR) is 101 cm³/mol. The molecule has 26 heavy (non-hydrogen) atoms. The van der Waals surface area contributed by atoms with Gasteiger partial charge in [0.2, 0.25) is 5.91 Å². The first-order valence-electron chi connectivity index (χ1n) is 8.66. The van der Waals surface area contributed by atoms with E-state index in [9.17, 15) is 9.59 Å². The van der Waals surface area contributed by atoms with Gasteiger partial charge in [0.15, 0.2) is 0 Å². The zero-order valence-electron chi connectivity index (χ0n) is 14.7. The van der Waals surface area contributed by atoms with Gasteiger partial charge in [0.1, 0.15) is 5.82 Å². The molecule has 2 N–H and O–H groups in total. The van der Waals surface area contributed by atoms with Gasteiger partial charge in [-0.15, -0.1) is 0 Å². The van der Waals surface area contributed by atoms with E-state index in [4.69, 9.17) is 4.98 Å². The third-order valence-corrected chi connectivity index (χ3v) is 4.56. The number of carbonyl (C=O) groups excluding carboxylic acids is 2. The largest absolute Gasteiger partial charge is 0.331 e. The van der Waals surface area contributed by atoms with Gasteiger partial charge in [-0.2, -0.15) is 0 Å². The van der Waals surface area contributed by atoms with Crippen LogP contribution in [0.4, 0.5) is 11.4 Å². The Bertz CT molecular complexity index is 1020. The van der Waals surface area contributed by atoms with E-state index in [-0.39, 0.29) is 11.8 Å². The first-order chi connectivity index (χ1) is 12.5. The van der Waals surface area contributed by atoms with E-state index in [2.05, 4.69) is 15.2 Å². The molecule has 0 saturated heterocycles. The summed E-state index contributed by atoms with van der Waals surface area (Å²) in [4.78, 5) is 28.4. The highest BCUT2D eigenvalue weighted by atomic mass is 16.2. The number of rotatable bonds is 4. The summed E-state index contributed by atoms with van der Waals surface area (Å²) in [5, 5.41) is 5.59. The molecule has 1 aliphatic carbocycles. The molecular weight excluding hydrogens is 328 g/mol. The van der Waals surface area contributed by atoms with Crippen LogP contribution in [0.15, 0.2) is 42.5 Å². The molecular formula is C20H20N4O2. The molecule has 1 aromatic heterocycles. The maximum atomic E-state index is 12.5. The lowest BCUT2D eigenvalue weighted by Crippen LogP contribution is -2.13. The van der Waals surface area contributed by atoms with Gasteiger partial charge < -0.3 is 15.2 Å². The second-order valence-electron chi connectivity index (χ2n) is 6.72. The SMILES string of the molecule is CC(=O)Nc1cccc(C(=O)Nc2ccc3c(c2)nc(C2CC2)n3C)c1. The summed E-state index contributed by atoms with van der Waals surface area (Å²) in [5.74, 6) is 1.29. The zero-order chi connectivity index (χ0) is 18.3. The Kier molecular flexibility index (Phi) is 3.95. The van der Waals surface area contributed by atoms with Crippen LogP contribution in [0.3, 0.4) is 0 Å². The highest BCUT2D eigenvalue weighted by Gasteiger charge is 2.28. The Hall–Kier alpha value is -3.15. The van der Waals surface area contributed by atoms with Gasteiger partial charge in [0.05, 0.1) is 11.0 Å². The molecule has 0 spiro atoms. The van der Waals surface area contributed by atoms with Gasteiger partial charge in [-0.1, -0.05) is 6.07 Å². The van der Waals surface area contributed by atoms with Crippen LogP contribution in [0.5, 0.6) is 0 Å². The van der Waals surface area contributed by atoms with Crippen molar-refractivity contribution in [2.24, 2.45) is 7.05 Å². The van der Waals surface area contributed by atoms with Crippen molar-refractivity contribution >= 4 is 34.2 Å². The van der Waals surface area contributed by atoms with Crippen molar-refractivity contribution in [3.8, 4) is 0 Å². The number of carbonyl (C=O) groups is 2. The number of nitrogens with one attached hydrogen (secondary N) is 2. The van der Waals surface area contributed by atoms with E-state index in [0.29, 0.717) is 22.9 Å². The molecule has 3 aromatic rings. The summed E-state index contributed by atoms with van der Waals surface area (Å²) >= 11 is 0. The van der Waals surface area contributed by atoms with Crippen molar-refractivity contribution < 1.29 is 9.59 Å². The average Bonchev–Trinajstić information content (AvgIpc) is 3.39. The van der Waals surface area contributed by atoms with E-state index in [1.54, 1.807) is 24.3 Å². The number of imidazole rings is 1. The van der Waals surface area contributed by atoms with Crippen molar-refractivity contribution in [1.82, 2.24) is 9.55 Å². The van der Waals surface area contributed by atoms with E-state index in [0.717, 1.165) is 16.9 Å². The second kappa shape index (κ2) is 6.29. The van der Waals surface area contributed by atoms with E-state index in [1.165, 1.54) is 19.8 Å². The topological polar surface area (TPSA) is 76.0 Å². The minimum absolute atomic E-state index is 0.172. The summed E-state index contributed by atoms with van der Waals surface area (Å²) in [6.45, 7) is 1.44. The van der Waals surface area contributed by atoms with E-state index in [1.807, 2.05) is 25.2 Å². The molecule has 1 saturated carbocycles. The van der Waals surface area contributed by atoms with Gasteiger partial charge in [0.25, 0.3) is 5.91 Å². The summed E-state index contributed by atoms with van der Waals surface area (Å²) in [6.07, 6.45) is 2.40. The van der Waals surface area contributed by atoms with Crippen LogP contribution in [0, 0.1) is 0 Å². The van der Waals surface area contributed by atoms with Crippen LogP contribution in [-0.4, -0.2) is 21.4 Å². The Morgan fingerprint density at radius 2 is 1.85 bits per heavy atom. The Labute approximate surface area is 151 Å². The number of nitrogens with zero attached hydrogens (tertiary/aromatic N) is 2. The van der Waals surface area contributed by atoms with Crippen molar-refractivity contribution in [3.63, 3.8) is 0 Å². The molecule has 6 heteroatoms. The highest BCUT2D eigenvalue weighted by molar-refractivity contribution is 6.06. The number of hydrogen-bond acceptors (Lipinski definition) is 3. The molecule has 1 fully saturated rings. The van der Waals surface area contributed by atoms with Gasteiger partial charge in [0, 0.05) is 36.8 Å². The normalized spacial score (nSPS) is 13.6. The van der Waals surface area contributed by atoms with Gasteiger partial charge in [-0.25, -0.2) is 4.98 Å². The average molecular weight is 348 g/mol. The second-order valence-corrected chi connectivity index (χ2v) is 6.72. The number of benzene rings is 2. The van der Waals surface area contributed by atoms with Crippen LogP contribution < -0.4 is 10.6 Å². The van der Waals surface area contributed by atoms with Gasteiger partial charge in [-0.3, -0.25) is 9.59 Å². The third kappa shape index (κ3) is 3.18. The van der Waals surface area contributed by atoms with Gasteiger partial charge >= 0.3 is 0 Å². The molecule has 6 nitrogen and oxygen atoms in total. The first-order valence-corrected chi connectivity index (χ1v) is 8.66. The lowest BCUT2D eigenvalue weighted by Gasteiger charge is -2.08. The van der Waals surface area contributed by atoms with E-state index >= 15 is 0 Å². The fourth-order valence-corrected chi connectivity index (χ4v) is 3.15. The zero-order valence-corrected chi connectivity index (χ0v) is 14.7. The number of aromatic nitrogens is 2. The Morgan fingerprint density at radius 1 is 1.08 bits per heavy atom. The molecule has 2 amide bonds. The molecule has 1 aliphatic rings. The van der Waals surface area contributed by atoms with Crippen molar-refractivity contribution in [1.29, 1.82) is 0 Å². The van der Waals surface area contributed by atoms with E-state index < -0.39 is 0 Å². The van der Waals surface area contributed by atoms with Crippen LogP contribution >= 0.6 is 0 Å². The lowest BCUT2D eigenvalue weighted by molar-refractivity contribution is -0.114. The molecule has 0 radical (unpaired) electrons. The van der Waals surface area contributed by atoms with Crippen LogP contribution in [0.1, 0.15) is 41.9 Å². The highest BCUT2D eigenvalue weighted by Crippen LogP contribution is 2.40. The third-order valence-electron chi connectivity index (χ3n) is 4.56. The number of fused-ring (bicyclic) bond motifs is 1. The fraction of sp³-hybridized carbons (Fsp3) is 0.250. The minimum Gasteiger partial charge on any atom is -0.331 e. The van der Waals surface area contributed by atoms with Crippen molar-refractivity contribution in [2.75, 3.05) is 10.6 Å². The summed E-state index contributed by atoms with van der Waals surface area (Å²) in [6, 6.07) is 12.6. The maximum absolute atomic E-state index is 12.5. The first kappa shape index (κ1) is 16.3. The monoisotopic (exact) mass is 348 g/mol. The fourth-order valence-electron chi connectivity index (χ4n) is 3.15. The molecule has 0 bridgehead atoms. The number of anilines is 2. The van der Waals surface area contributed by atoms with Crippen molar-refractivity contribution in [2.45, 2.75) is 25.7 Å². The smallest absolute Gasteiger partial charge is 0.255 e. The molecule has 4 rings (SSSR count). The lowest BCUT2D eigenvalue weighted by atomic mass is 10.1. The number of amides is 2. The standard InChI is InChI=1S/C20H20N4O2/c1-12(25)21-15-5-3-4-14(10-15)20(26)22-16-8-9-18-17(11-16)23-19(24(18)2)13-6-7-13/h3-5,8-11,13H,6-7H2,1-2H3,(H,21,25)(H,22,26). The minimum atomic E-state index is -0.227. The number of hydrogen-bond donors (Lipinski definition) is 2. The quantitative estimate of drug-likeness (QED) is 0.755. The van der Waals surface area contributed by atoms with Crippen LogP contribution in [-0.2, 0) is 11.8 Å². The number of aryl methyl sites for hydroxylation is 1. The van der Waals surface area contributed by atoms with Crippen LogP contribution in [0.25, 0.3) is 11.0 Å². The molecule has 132 valence electrons. The van der Waals surface area contributed by atoms with Gasteiger partial charge in [-0.05, 0) is 49.2 Å². The molecule has 0 atom stereocenters. The molecule has 0 aliphatic heterocycles. The molecule has 2 aromatic carbocycles. The molecule has 1 heterocycles. The maximum Gasteiger partial charge on any atom is 0.255 e. The van der Waals surface area contributed by atoms with Crippen LogP contribution in [0.2, 0.25) is 0 Å². The summed E-state index contributed by atoms with van der Waals surface area (Å²) in [7, 11) is 2.04. The Balaban J connectivity index is 1.56. The molecule has 0 unspecified atom stereocenters. The summed E-state index contributed by atoms with van der Waals surface area (Å²) < 4.78 is 2.13. The Morgan fingerprint density at radius 3 is 2.58 bits per heavy atom. The summed E-state index contributed by atoms with van der Waals surface area (Å²) in [5.41, 5.74) is 3.74. The van der Waals surface area contributed by atoms with Crippen molar-refractivity contribution in [3.05, 3.63) is 53.9 Å².